The van der Waals surface area contributed by atoms with Gasteiger partial charge in [-0.1, -0.05) is 95.3 Å². The lowest BCUT2D eigenvalue weighted by molar-refractivity contribution is -0.297. The maximum Gasteiger partial charge on any atom is 0.407 e. The monoisotopic (exact) mass is 866 g/mol. The van der Waals surface area contributed by atoms with E-state index in [-0.39, 0.29) is 31.4 Å². The van der Waals surface area contributed by atoms with E-state index in [1.54, 1.807) is 18.8 Å². The van der Waals surface area contributed by atoms with Crippen molar-refractivity contribution in [3.63, 3.8) is 0 Å². The van der Waals surface area contributed by atoms with Gasteiger partial charge in [0, 0.05) is 24.7 Å². The molecule has 0 bridgehead atoms. The van der Waals surface area contributed by atoms with Crippen LogP contribution in [0.4, 0.5) is 9.59 Å². The number of amides is 4. The predicted octanol–water partition coefficient (Wildman–Crippen LogP) is 7.97. The number of aliphatic hydroxyl groups excluding tert-OH is 1. The number of alkyl carbamates (subject to hydrolysis) is 1. The molecule has 0 saturated heterocycles. The smallest absolute Gasteiger partial charge is 0.407 e. The van der Waals surface area contributed by atoms with Crippen LogP contribution in [0.25, 0.3) is 0 Å². The number of nitrogens with one attached hydrogen (secondary N) is 3. The van der Waals surface area contributed by atoms with E-state index in [0.717, 1.165) is 39.1 Å². The van der Waals surface area contributed by atoms with Gasteiger partial charge in [-0.15, -0.1) is 22.7 Å². The van der Waals surface area contributed by atoms with E-state index in [0.29, 0.717) is 18.5 Å². The number of hydrogen-bond donors (Lipinski definition) is 4. The molecule has 0 radical (unpaired) electrons. The third-order valence-electron chi connectivity index (χ3n) is 10.5. The normalized spacial score (nSPS) is 13.9. The first-order chi connectivity index (χ1) is 28.2. The van der Waals surface area contributed by atoms with Crippen LogP contribution in [0.15, 0.2) is 77.8 Å². The number of benzene rings is 2. The fourth-order valence-electron chi connectivity index (χ4n) is 6.54. The van der Waals surface area contributed by atoms with Gasteiger partial charge in [-0.2, -0.15) is 0 Å². The molecule has 0 aliphatic carbocycles. The SMILES string of the molecule is CC[Si](CC)(CC)OOC(C)(C)c1nc(CN(C)C(=O)N[C@H](C(=O)N[C@@H](Cc2ccccc2)C[C@H](O)[C@H](Cc2ccccc2)NC(=O)OCc2cncs2)C(C)C)cs1. The van der Waals surface area contributed by atoms with Gasteiger partial charge < -0.3 is 30.7 Å². The molecule has 2 aromatic carbocycles. The highest BCUT2D eigenvalue weighted by molar-refractivity contribution is 7.10. The van der Waals surface area contributed by atoms with Gasteiger partial charge in [-0.05, 0) is 68.3 Å². The molecule has 2 heterocycles. The van der Waals surface area contributed by atoms with Crippen molar-refractivity contribution in [1.29, 1.82) is 0 Å². The summed E-state index contributed by atoms with van der Waals surface area (Å²) in [4.78, 5) is 57.8. The zero-order chi connectivity index (χ0) is 43.0. The molecule has 4 N–H and O–H groups in total. The van der Waals surface area contributed by atoms with Crippen molar-refractivity contribution in [2.24, 2.45) is 5.92 Å². The van der Waals surface area contributed by atoms with Crippen molar-refractivity contribution in [1.82, 2.24) is 30.8 Å². The Morgan fingerprint density at radius 3 is 2.10 bits per heavy atom. The summed E-state index contributed by atoms with van der Waals surface area (Å²) in [6.07, 6.45) is 0.749. The molecule has 0 saturated carbocycles. The average Bonchev–Trinajstić information content (AvgIpc) is 3.93. The van der Waals surface area contributed by atoms with E-state index in [1.165, 1.54) is 27.6 Å². The molecule has 0 unspecified atom stereocenters. The number of urea groups is 1. The maximum atomic E-state index is 14.1. The Kier molecular flexibility index (Phi) is 18.5. The van der Waals surface area contributed by atoms with Crippen molar-refractivity contribution in [2.75, 3.05) is 7.05 Å². The zero-order valence-corrected chi connectivity index (χ0v) is 38.2. The lowest BCUT2D eigenvalue weighted by Gasteiger charge is -2.31. The molecule has 0 aliphatic heterocycles. The lowest BCUT2D eigenvalue weighted by atomic mass is 9.93. The molecule has 59 heavy (non-hydrogen) atoms. The first kappa shape index (κ1) is 47.5. The minimum Gasteiger partial charge on any atom is -0.444 e. The summed E-state index contributed by atoms with van der Waals surface area (Å²) in [6, 6.07) is 19.5. The van der Waals surface area contributed by atoms with E-state index in [4.69, 9.17) is 19.2 Å². The number of ether oxygens (including phenoxy) is 1. The number of nitrogens with zero attached hydrogens (tertiary/aromatic N) is 3. The number of aromatic nitrogens is 2. The molecule has 4 aromatic rings. The molecule has 322 valence electrons. The second-order valence-corrected chi connectivity index (χ2v) is 22.3. The minimum absolute atomic E-state index is 0.0568. The van der Waals surface area contributed by atoms with Gasteiger partial charge in [-0.3, -0.25) is 14.4 Å². The number of rotatable bonds is 23. The topological polar surface area (TPSA) is 164 Å². The van der Waals surface area contributed by atoms with Crippen LogP contribution in [0.5, 0.6) is 0 Å². The fraction of sp³-hybridized carbons (Fsp3) is 0.512. The van der Waals surface area contributed by atoms with Gasteiger partial charge in [0.2, 0.25) is 14.2 Å². The van der Waals surface area contributed by atoms with Crippen LogP contribution in [-0.2, 0) is 50.6 Å². The summed E-state index contributed by atoms with van der Waals surface area (Å²) >= 11 is 2.83. The van der Waals surface area contributed by atoms with Crippen molar-refractivity contribution in [3.8, 4) is 0 Å². The third kappa shape index (κ3) is 14.8. The largest absolute Gasteiger partial charge is 0.444 e. The van der Waals surface area contributed by atoms with Gasteiger partial charge >= 0.3 is 12.1 Å². The molecule has 4 amide bonds. The first-order valence-electron chi connectivity index (χ1n) is 20.4. The van der Waals surface area contributed by atoms with Crippen LogP contribution in [0.3, 0.4) is 0 Å². The molecule has 13 nitrogen and oxygen atoms in total. The summed E-state index contributed by atoms with van der Waals surface area (Å²) in [7, 11) is -0.316. The second-order valence-electron chi connectivity index (χ2n) is 15.8. The number of thiazole rings is 2. The highest BCUT2D eigenvalue weighted by atomic mass is 32.1. The molecule has 0 spiro atoms. The highest BCUT2D eigenvalue weighted by Gasteiger charge is 2.36. The number of carbonyl (C=O) groups is 3. The van der Waals surface area contributed by atoms with Crippen molar-refractivity contribution < 1.29 is 33.7 Å². The molecule has 16 heteroatoms. The standard InChI is InChI=1S/C43H62N6O7S2Si/c1-9-59(10-2,11-3)56-55-43(6,7)40-46-34(28-57-40)26-49(8)41(52)48-38(30(4)5)39(51)45-33(22-31-18-14-12-15-19-31)24-37(50)36(23-32-20-16-13-17-21-32)47-42(53)54-27-35-25-44-29-58-35/h12-21,25,28-30,33,36-38,50H,9-11,22-24,26-27H2,1-8H3,(H,45,51)(H,47,53)(H,48,52)/t33-,36-,37-,38-/m0/s1. The number of hydrogen-bond acceptors (Lipinski definition) is 11. The van der Waals surface area contributed by atoms with Crippen molar-refractivity contribution in [2.45, 2.75) is 129 Å². The fourth-order valence-corrected chi connectivity index (χ4v) is 10.1. The van der Waals surface area contributed by atoms with Crippen molar-refractivity contribution >= 4 is 49.0 Å². The van der Waals surface area contributed by atoms with E-state index < -0.39 is 50.3 Å². The highest BCUT2D eigenvalue weighted by Crippen LogP contribution is 2.32. The molecular weight excluding hydrogens is 805 g/mol. The molecular formula is C43H62N6O7S2Si. The van der Waals surface area contributed by atoms with Gasteiger partial charge in [-0.25, -0.2) is 19.5 Å². The van der Waals surface area contributed by atoms with E-state index in [2.05, 4.69) is 41.7 Å². The molecule has 4 atom stereocenters. The van der Waals surface area contributed by atoms with Crippen LogP contribution in [0.2, 0.25) is 18.1 Å². The number of aliphatic hydroxyl groups is 1. The van der Waals surface area contributed by atoms with E-state index in [9.17, 15) is 19.5 Å². The van der Waals surface area contributed by atoms with Crippen LogP contribution >= 0.6 is 22.7 Å². The van der Waals surface area contributed by atoms with E-state index >= 15 is 0 Å². The van der Waals surface area contributed by atoms with Gasteiger partial charge in [0.1, 0.15) is 23.3 Å². The van der Waals surface area contributed by atoms with E-state index in [1.807, 2.05) is 93.7 Å². The summed E-state index contributed by atoms with van der Waals surface area (Å²) < 4.78 is 11.6. The molecule has 4 rings (SSSR count). The van der Waals surface area contributed by atoms with Crippen LogP contribution < -0.4 is 16.0 Å². The lowest BCUT2D eigenvalue weighted by Crippen LogP contribution is -2.55. The van der Waals surface area contributed by atoms with Crippen LogP contribution in [0.1, 0.15) is 81.6 Å². The Labute approximate surface area is 358 Å². The Morgan fingerprint density at radius 2 is 1.53 bits per heavy atom. The Balaban J connectivity index is 1.43. The Morgan fingerprint density at radius 1 is 0.898 bits per heavy atom. The van der Waals surface area contributed by atoms with Crippen molar-refractivity contribution in [3.05, 3.63) is 104 Å². The average molecular weight is 867 g/mol. The Hall–Kier alpha value is -4.19. The molecule has 0 aliphatic rings. The summed E-state index contributed by atoms with van der Waals surface area (Å²) in [5, 5.41) is 23.3. The predicted molar refractivity (Wildman–Crippen MR) is 235 cm³/mol. The second kappa shape index (κ2) is 23.0. The summed E-state index contributed by atoms with van der Waals surface area (Å²) in [5.41, 5.74) is 3.46. The van der Waals surface area contributed by atoms with Crippen LogP contribution in [-0.4, -0.2) is 77.6 Å². The maximum absolute atomic E-state index is 14.1. The first-order valence-corrected chi connectivity index (χ1v) is 24.7. The van der Waals surface area contributed by atoms with Gasteiger partial charge in [0.25, 0.3) is 0 Å². The minimum atomic E-state index is -1.98. The summed E-state index contributed by atoms with van der Waals surface area (Å²) in [6.45, 7) is 14.3. The Bertz CT molecular complexity index is 1850. The zero-order valence-electron chi connectivity index (χ0n) is 35.6. The van der Waals surface area contributed by atoms with Gasteiger partial charge in [0.15, 0.2) is 0 Å². The quantitative estimate of drug-likeness (QED) is 0.0329. The number of carbonyl (C=O) groups excluding carboxylic acids is 3. The molecule has 2 aromatic heterocycles. The third-order valence-corrected chi connectivity index (χ3v) is 16.7. The molecule has 0 fully saturated rings. The van der Waals surface area contributed by atoms with Gasteiger partial charge in [0.05, 0.1) is 34.8 Å². The summed E-state index contributed by atoms with van der Waals surface area (Å²) in [5.74, 6) is -0.642. The van der Waals surface area contributed by atoms with Crippen LogP contribution in [0, 0.1) is 5.92 Å².